The molecule has 0 saturated heterocycles. The van der Waals surface area contributed by atoms with Crippen molar-refractivity contribution in [3.05, 3.63) is 29.3 Å². The molecule has 0 amide bonds. The van der Waals surface area contributed by atoms with E-state index in [4.69, 9.17) is 15.6 Å². The standard InChI is InChI=1S/C12H15NO5/c1-17-10-4-3-7(11(14)15)5-8(10)6-9(13)12(16)18-2/h3-5,9H,6,13H2,1-2H3,(H,14,15)/t9-/m1/s1. The molecule has 1 rings (SSSR count). The molecule has 0 heterocycles. The van der Waals surface area contributed by atoms with Crippen LogP contribution in [-0.2, 0) is 16.0 Å². The summed E-state index contributed by atoms with van der Waals surface area (Å²) in [5.74, 6) is -1.12. The molecule has 0 aliphatic heterocycles. The maximum atomic E-state index is 11.2. The number of benzene rings is 1. The summed E-state index contributed by atoms with van der Waals surface area (Å²) in [6.07, 6.45) is 0.150. The number of methoxy groups -OCH3 is 2. The first-order valence-corrected chi connectivity index (χ1v) is 5.23. The third-order valence-corrected chi connectivity index (χ3v) is 2.47. The van der Waals surface area contributed by atoms with Crippen LogP contribution < -0.4 is 10.5 Å². The average molecular weight is 253 g/mol. The topological polar surface area (TPSA) is 98.9 Å². The molecule has 3 N–H and O–H groups in total. The first-order valence-electron chi connectivity index (χ1n) is 5.23. The van der Waals surface area contributed by atoms with Crippen molar-refractivity contribution in [2.24, 2.45) is 5.73 Å². The lowest BCUT2D eigenvalue weighted by Gasteiger charge is -2.13. The van der Waals surface area contributed by atoms with Crippen molar-refractivity contribution in [3.63, 3.8) is 0 Å². The molecule has 98 valence electrons. The summed E-state index contributed by atoms with van der Waals surface area (Å²) in [6, 6.07) is 3.54. The fourth-order valence-electron chi connectivity index (χ4n) is 1.54. The lowest BCUT2D eigenvalue weighted by molar-refractivity contribution is -0.142. The monoisotopic (exact) mass is 253 g/mol. The number of ether oxygens (including phenoxy) is 2. The lowest BCUT2D eigenvalue weighted by atomic mass is 10.0. The highest BCUT2D eigenvalue weighted by atomic mass is 16.5. The minimum atomic E-state index is -1.05. The Labute approximate surface area is 104 Å². The van der Waals surface area contributed by atoms with Crippen molar-refractivity contribution in [1.82, 2.24) is 0 Å². The van der Waals surface area contributed by atoms with E-state index < -0.39 is 18.0 Å². The Hall–Kier alpha value is -2.08. The van der Waals surface area contributed by atoms with Crippen LogP contribution in [0.2, 0.25) is 0 Å². The molecule has 0 radical (unpaired) electrons. The maximum Gasteiger partial charge on any atom is 0.335 e. The zero-order valence-corrected chi connectivity index (χ0v) is 10.2. The molecule has 0 aromatic heterocycles. The summed E-state index contributed by atoms with van der Waals surface area (Å²) in [7, 11) is 2.70. The van der Waals surface area contributed by atoms with E-state index in [9.17, 15) is 9.59 Å². The van der Waals surface area contributed by atoms with E-state index in [1.807, 2.05) is 0 Å². The summed E-state index contributed by atoms with van der Waals surface area (Å²) in [5.41, 5.74) is 6.30. The number of carboxylic acids is 1. The van der Waals surface area contributed by atoms with Crippen LogP contribution in [0.4, 0.5) is 0 Å². The Kier molecular flexibility index (Phi) is 4.67. The minimum absolute atomic E-state index is 0.114. The quantitative estimate of drug-likeness (QED) is 0.738. The number of carboxylic acid groups (broad SMARTS) is 1. The second-order valence-corrected chi connectivity index (χ2v) is 3.67. The van der Waals surface area contributed by atoms with Gasteiger partial charge in [-0.15, -0.1) is 0 Å². The molecule has 1 aromatic carbocycles. The molecular formula is C12H15NO5. The number of aromatic carboxylic acids is 1. The molecule has 0 aliphatic rings. The van der Waals surface area contributed by atoms with E-state index in [0.29, 0.717) is 11.3 Å². The van der Waals surface area contributed by atoms with Gasteiger partial charge in [0.05, 0.1) is 19.8 Å². The Morgan fingerprint density at radius 1 is 1.39 bits per heavy atom. The first-order chi connectivity index (χ1) is 8.49. The summed E-state index contributed by atoms with van der Waals surface area (Å²) in [6.45, 7) is 0. The zero-order chi connectivity index (χ0) is 13.7. The van der Waals surface area contributed by atoms with Crippen LogP contribution in [0.3, 0.4) is 0 Å². The molecule has 6 heteroatoms. The summed E-state index contributed by atoms with van der Waals surface area (Å²) in [5, 5.41) is 8.90. The van der Waals surface area contributed by atoms with E-state index in [2.05, 4.69) is 4.74 Å². The van der Waals surface area contributed by atoms with Gasteiger partial charge in [-0.3, -0.25) is 4.79 Å². The molecule has 0 spiro atoms. The third-order valence-electron chi connectivity index (χ3n) is 2.47. The smallest absolute Gasteiger partial charge is 0.335 e. The molecule has 0 aliphatic carbocycles. The highest BCUT2D eigenvalue weighted by molar-refractivity contribution is 5.88. The SMILES string of the molecule is COC(=O)[C@H](N)Cc1cc(C(=O)O)ccc1OC. The van der Waals surface area contributed by atoms with Gasteiger partial charge in [0.15, 0.2) is 0 Å². The van der Waals surface area contributed by atoms with E-state index >= 15 is 0 Å². The van der Waals surface area contributed by atoms with Crippen LogP contribution in [0, 0.1) is 0 Å². The molecule has 18 heavy (non-hydrogen) atoms. The maximum absolute atomic E-state index is 11.2. The van der Waals surface area contributed by atoms with Crippen molar-refractivity contribution in [2.45, 2.75) is 12.5 Å². The molecular weight excluding hydrogens is 238 g/mol. The largest absolute Gasteiger partial charge is 0.496 e. The number of carbonyl (C=O) groups excluding carboxylic acids is 1. The van der Waals surface area contributed by atoms with Gasteiger partial charge in [-0.25, -0.2) is 4.79 Å². The summed E-state index contributed by atoms with van der Waals surface area (Å²) >= 11 is 0. The average Bonchev–Trinajstić information content (AvgIpc) is 2.37. The number of carbonyl (C=O) groups is 2. The highest BCUT2D eigenvalue weighted by Crippen LogP contribution is 2.21. The molecule has 0 fully saturated rings. The van der Waals surface area contributed by atoms with Crippen molar-refractivity contribution >= 4 is 11.9 Å². The van der Waals surface area contributed by atoms with E-state index in [1.165, 1.54) is 32.4 Å². The van der Waals surface area contributed by atoms with Crippen molar-refractivity contribution in [2.75, 3.05) is 14.2 Å². The molecule has 0 saturated carbocycles. The van der Waals surface area contributed by atoms with Gasteiger partial charge in [0.25, 0.3) is 0 Å². The Morgan fingerprint density at radius 2 is 2.06 bits per heavy atom. The second kappa shape index (κ2) is 6.02. The summed E-state index contributed by atoms with van der Waals surface area (Å²) in [4.78, 5) is 22.1. The van der Waals surface area contributed by atoms with Gasteiger partial charge in [-0.05, 0) is 23.8 Å². The molecule has 0 unspecified atom stereocenters. The minimum Gasteiger partial charge on any atom is -0.496 e. The lowest BCUT2D eigenvalue weighted by Crippen LogP contribution is -2.33. The fourth-order valence-corrected chi connectivity index (χ4v) is 1.54. The molecule has 1 aromatic rings. The molecule has 1 atom stereocenters. The number of hydrogen-bond acceptors (Lipinski definition) is 5. The van der Waals surface area contributed by atoms with Gasteiger partial charge in [-0.1, -0.05) is 0 Å². The highest BCUT2D eigenvalue weighted by Gasteiger charge is 2.18. The van der Waals surface area contributed by atoms with E-state index in [1.54, 1.807) is 0 Å². The van der Waals surface area contributed by atoms with Crippen LogP contribution in [0.15, 0.2) is 18.2 Å². The number of esters is 1. The number of rotatable bonds is 5. The van der Waals surface area contributed by atoms with Gasteiger partial charge >= 0.3 is 11.9 Å². The zero-order valence-electron chi connectivity index (χ0n) is 10.2. The van der Waals surface area contributed by atoms with Gasteiger partial charge in [0.1, 0.15) is 11.8 Å². The Morgan fingerprint density at radius 3 is 2.56 bits per heavy atom. The van der Waals surface area contributed by atoms with Crippen LogP contribution in [0.5, 0.6) is 5.75 Å². The van der Waals surface area contributed by atoms with E-state index in [0.717, 1.165) is 0 Å². The molecule has 0 bridgehead atoms. The van der Waals surface area contributed by atoms with Crippen LogP contribution in [0.1, 0.15) is 15.9 Å². The van der Waals surface area contributed by atoms with Crippen molar-refractivity contribution in [1.29, 1.82) is 0 Å². The Balaban J connectivity index is 3.01. The molecule has 6 nitrogen and oxygen atoms in total. The van der Waals surface area contributed by atoms with Gasteiger partial charge in [0.2, 0.25) is 0 Å². The van der Waals surface area contributed by atoms with E-state index in [-0.39, 0.29) is 12.0 Å². The van der Waals surface area contributed by atoms with Gasteiger partial charge in [-0.2, -0.15) is 0 Å². The van der Waals surface area contributed by atoms with Crippen molar-refractivity contribution < 1.29 is 24.2 Å². The second-order valence-electron chi connectivity index (χ2n) is 3.67. The van der Waals surface area contributed by atoms with Crippen LogP contribution in [0.25, 0.3) is 0 Å². The first kappa shape index (κ1) is 14.0. The van der Waals surface area contributed by atoms with Crippen LogP contribution in [-0.4, -0.2) is 37.3 Å². The number of nitrogens with two attached hydrogens (primary N) is 1. The number of hydrogen-bond donors (Lipinski definition) is 2. The Bertz CT molecular complexity index is 458. The predicted molar refractivity (Wildman–Crippen MR) is 63.6 cm³/mol. The summed E-state index contributed by atoms with van der Waals surface area (Å²) < 4.78 is 9.61. The van der Waals surface area contributed by atoms with Gasteiger partial charge in [0, 0.05) is 6.42 Å². The van der Waals surface area contributed by atoms with Gasteiger partial charge < -0.3 is 20.3 Å². The normalized spacial score (nSPS) is 11.7. The fraction of sp³-hybridized carbons (Fsp3) is 0.333. The third kappa shape index (κ3) is 3.21. The predicted octanol–water partition coefficient (Wildman–Crippen LogP) is 0.436. The van der Waals surface area contributed by atoms with Crippen molar-refractivity contribution in [3.8, 4) is 5.75 Å². The van der Waals surface area contributed by atoms with Crippen LogP contribution >= 0.6 is 0 Å².